The first-order valence-electron chi connectivity index (χ1n) is 11.0. The smallest absolute Gasteiger partial charge is 0.386 e. The van der Waals surface area contributed by atoms with E-state index in [1.165, 1.54) is 25.4 Å². The van der Waals surface area contributed by atoms with Gasteiger partial charge in [0, 0.05) is 12.3 Å². The molecule has 3 aromatic carbocycles. The molecule has 0 aliphatic carbocycles. The summed E-state index contributed by atoms with van der Waals surface area (Å²) in [7, 11) is 1.31. The molecule has 0 saturated heterocycles. The van der Waals surface area contributed by atoms with Gasteiger partial charge in [-0.3, -0.25) is 4.79 Å². The lowest BCUT2D eigenvalue weighted by Gasteiger charge is -2.36. The van der Waals surface area contributed by atoms with Gasteiger partial charge in [0.25, 0.3) is 0 Å². The Labute approximate surface area is 212 Å². The largest absolute Gasteiger partial charge is 0.398 e. The van der Waals surface area contributed by atoms with Crippen molar-refractivity contribution in [3.05, 3.63) is 119 Å². The third-order valence-corrected chi connectivity index (χ3v) is 6.08. The number of thiazole rings is 1. The Morgan fingerprint density at radius 2 is 1.36 bits per heavy atom. The molecular formula is C27H24N4O4S. The van der Waals surface area contributed by atoms with Crippen molar-refractivity contribution in [2.45, 2.75) is 12.5 Å². The summed E-state index contributed by atoms with van der Waals surface area (Å²) in [4.78, 5) is 37.9. The van der Waals surface area contributed by atoms with Crippen LogP contribution in [0.5, 0.6) is 0 Å². The van der Waals surface area contributed by atoms with Crippen molar-refractivity contribution < 1.29 is 19.3 Å². The molecule has 0 spiro atoms. The number of carbonyl (C=O) groups is 2. The van der Waals surface area contributed by atoms with Crippen LogP contribution in [-0.2, 0) is 24.8 Å². The Bertz CT molecular complexity index is 1250. The van der Waals surface area contributed by atoms with Crippen LogP contribution in [0.4, 0.5) is 5.13 Å². The van der Waals surface area contributed by atoms with Gasteiger partial charge in [-0.25, -0.2) is 9.78 Å². The lowest BCUT2D eigenvalue weighted by atomic mass is 9.77. The highest BCUT2D eigenvalue weighted by Gasteiger charge is 2.37. The molecule has 2 N–H and O–H groups in total. The summed E-state index contributed by atoms with van der Waals surface area (Å²) in [6.45, 7) is 1.22. The van der Waals surface area contributed by atoms with Crippen molar-refractivity contribution in [3.8, 4) is 0 Å². The van der Waals surface area contributed by atoms with Crippen LogP contribution in [0.25, 0.3) is 0 Å². The summed E-state index contributed by atoms with van der Waals surface area (Å²) in [6.07, 6.45) is 0. The van der Waals surface area contributed by atoms with Crippen LogP contribution >= 0.6 is 11.3 Å². The van der Waals surface area contributed by atoms with Crippen LogP contribution in [0.1, 0.15) is 29.3 Å². The maximum atomic E-state index is 12.5. The molecule has 4 rings (SSSR count). The molecule has 36 heavy (non-hydrogen) atoms. The van der Waals surface area contributed by atoms with Crippen LogP contribution in [0.15, 0.2) is 102 Å². The number of aromatic nitrogens is 1. The van der Waals surface area contributed by atoms with Crippen molar-refractivity contribution in [3.63, 3.8) is 0 Å². The molecule has 8 nitrogen and oxygen atoms in total. The van der Waals surface area contributed by atoms with E-state index in [4.69, 9.17) is 9.68 Å². The molecule has 4 aromatic rings. The van der Waals surface area contributed by atoms with Crippen molar-refractivity contribution in [1.29, 1.82) is 0 Å². The highest BCUT2D eigenvalue weighted by atomic mass is 32.1. The minimum atomic E-state index is -0.899. The number of carbonyl (C=O) groups excluding carboxylic acids is 2. The third-order valence-electron chi connectivity index (χ3n) is 5.33. The molecule has 0 saturated carbocycles. The Morgan fingerprint density at radius 1 is 0.861 bits per heavy atom. The number of hydrogen-bond acceptors (Lipinski definition) is 8. The Hall–Kier alpha value is -4.50. The molecule has 0 fully saturated rings. The Balaban J connectivity index is 1.80. The molecule has 0 bridgehead atoms. The number of amides is 1. The van der Waals surface area contributed by atoms with E-state index in [1.807, 2.05) is 60.1 Å². The number of oxime groups is 1. The van der Waals surface area contributed by atoms with Gasteiger partial charge in [0.2, 0.25) is 11.6 Å². The normalized spacial score (nSPS) is 11.4. The van der Waals surface area contributed by atoms with E-state index >= 15 is 0 Å². The van der Waals surface area contributed by atoms with Crippen LogP contribution in [-0.4, -0.2) is 29.7 Å². The van der Waals surface area contributed by atoms with Crippen LogP contribution in [0.2, 0.25) is 0 Å². The molecule has 0 unspecified atom stereocenters. The average Bonchev–Trinajstić information content (AvgIpc) is 3.38. The van der Waals surface area contributed by atoms with E-state index in [-0.39, 0.29) is 11.4 Å². The number of rotatable bonds is 8. The number of hydroxylamine groups is 1. The van der Waals surface area contributed by atoms with Crippen LogP contribution in [0, 0.1) is 0 Å². The molecule has 1 aromatic heterocycles. The monoisotopic (exact) mass is 500 g/mol. The van der Waals surface area contributed by atoms with Gasteiger partial charge in [-0.05, 0) is 16.7 Å². The second-order valence-corrected chi connectivity index (χ2v) is 8.54. The summed E-state index contributed by atoms with van der Waals surface area (Å²) < 4.78 is 0. The van der Waals surface area contributed by atoms with Gasteiger partial charge < -0.3 is 15.0 Å². The van der Waals surface area contributed by atoms with Crippen LogP contribution < -0.4 is 10.8 Å². The maximum Gasteiger partial charge on any atom is 0.386 e. The fourth-order valence-corrected chi connectivity index (χ4v) is 4.58. The van der Waals surface area contributed by atoms with Gasteiger partial charge in [-0.15, -0.1) is 11.3 Å². The van der Waals surface area contributed by atoms with Gasteiger partial charge in [0.15, 0.2) is 5.13 Å². The third kappa shape index (κ3) is 5.26. The summed E-state index contributed by atoms with van der Waals surface area (Å²) in [5.41, 5.74) is 4.30. The Morgan fingerprint density at radius 3 is 1.81 bits per heavy atom. The molecular weight excluding hydrogens is 476 g/mol. The summed E-state index contributed by atoms with van der Waals surface area (Å²) in [6, 6.07) is 30.2. The lowest BCUT2D eigenvalue weighted by molar-refractivity contribution is -0.150. The molecule has 0 atom stereocenters. The zero-order valence-corrected chi connectivity index (χ0v) is 20.5. The van der Waals surface area contributed by atoms with E-state index in [9.17, 15) is 9.59 Å². The summed E-state index contributed by atoms with van der Waals surface area (Å²) in [5.74, 6) is -1.43. The fourth-order valence-electron chi connectivity index (χ4n) is 3.83. The topological polar surface area (TPSA) is 102 Å². The lowest BCUT2D eigenvalue weighted by Crippen LogP contribution is -2.38. The predicted octanol–water partition coefficient (Wildman–Crippen LogP) is 4.49. The maximum absolute atomic E-state index is 12.5. The van der Waals surface area contributed by atoms with Crippen molar-refractivity contribution in [2.24, 2.45) is 5.16 Å². The Kier molecular flexibility index (Phi) is 7.72. The molecule has 0 aliphatic heterocycles. The number of hydrogen-bond donors (Lipinski definition) is 2. The average molecular weight is 501 g/mol. The second-order valence-electron chi connectivity index (χ2n) is 7.68. The standard InChI is InChI=1S/C27H24N4O4S/c1-19(32)30-35-25(33)24(31-34-2)23-18-36-26(28-23)29-27(20-12-6-3-7-13-20,21-14-8-4-9-15-21)22-16-10-5-11-17-22/h3-18H,1-2H3,(H,28,29)(H,30,32)/b31-24-. The second kappa shape index (κ2) is 11.3. The number of benzene rings is 3. The van der Waals surface area contributed by atoms with E-state index in [2.05, 4.69) is 51.9 Å². The first-order valence-corrected chi connectivity index (χ1v) is 11.9. The predicted molar refractivity (Wildman–Crippen MR) is 138 cm³/mol. The van der Waals surface area contributed by atoms with Gasteiger partial charge >= 0.3 is 5.97 Å². The zero-order valence-electron chi connectivity index (χ0n) is 19.7. The molecule has 9 heteroatoms. The fraction of sp³-hybridized carbons (Fsp3) is 0.111. The first kappa shape index (κ1) is 24.6. The highest BCUT2D eigenvalue weighted by molar-refractivity contribution is 7.14. The van der Waals surface area contributed by atoms with E-state index in [0.717, 1.165) is 16.7 Å². The van der Waals surface area contributed by atoms with E-state index < -0.39 is 17.4 Å². The van der Waals surface area contributed by atoms with Gasteiger partial charge in [-0.2, -0.15) is 5.48 Å². The molecule has 1 amide bonds. The first-order chi connectivity index (χ1) is 17.5. The molecule has 0 aliphatic rings. The van der Waals surface area contributed by atoms with Gasteiger partial charge in [0.05, 0.1) is 0 Å². The zero-order chi connectivity index (χ0) is 25.4. The SMILES string of the molecule is CO/N=C(\C(=O)ONC(C)=O)c1csc(NC(c2ccccc2)(c2ccccc2)c2ccccc2)n1. The number of anilines is 1. The van der Waals surface area contributed by atoms with Gasteiger partial charge in [-0.1, -0.05) is 96.2 Å². The van der Waals surface area contributed by atoms with Crippen molar-refractivity contribution >= 4 is 34.1 Å². The van der Waals surface area contributed by atoms with E-state index in [0.29, 0.717) is 5.13 Å². The van der Waals surface area contributed by atoms with Crippen molar-refractivity contribution in [2.75, 3.05) is 12.4 Å². The van der Waals surface area contributed by atoms with Crippen LogP contribution in [0.3, 0.4) is 0 Å². The minimum Gasteiger partial charge on any atom is -0.398 e. The quantitative estimate of drug-likeness (QED) is 0.210. The van der Waals surface area contributed by atoms with E-state index in [1.54, 1.807) is 5.38 Å². The highest BCUT2D eigenvalue weighted by Crippen LogP contribution is 2.40. The molecule has 1 heterocycles. The summed E-state index contributed by atoms with van der Waals surface area (Å²) >= 11 is 1.30. The summed E-state index contributed by atoms with van der Waals surface area (Å²) in [5, 5.41) is 9.61. The molecule has 182 valence electrons. The number of nitrogens with zero attached hydrogens (tertiary/aromatic N) is 2. The van der Waals surface area contributed by atoms with Gasteiger partial charge in [0.1, 0.15) is 18.3 Å². The minimum absolute atomic E-state index is 0.180. The number of nitrogens with one attached hydrogen (secondary N) is 2. The molecule has 0 radical (unpaired) electrons. The van der Waals surface area contributed by atoms with Crippen molar-refractivity contribution in [1.82, 2.24) is 10.5 Å².